The minimum Gasteiger partial charge on any atom is -0.376 e. The lowest BCUT2D eigenvalue weighted by Gasteiger charge is -2.30. The van der Waals surface area contributed by atoms with Crippen LogP contribution in [0.4, 0.5) is 0 Å². The molecule has 1 aliphatic heterocycles. The average molecular weight is 259 g/mol. The number of morpholine rings is 1. The molecule has 1 unspecified atom stereocenters. The van der Waals surface area contributed by atoms with Gasteiger partial charge in [0.25, 0.3) is 0 Å². The third kappa shape index (κ3) is 2.88. The first kappa shape index (κ1) is 12.8. The number of carbonyl (C=O) groups excluding carboxylic acids is 1. The molecule has 1 heterocycles. The fraction of sp³-hybridized carbons (Fsp3) is 0.562. The van der Waals surface area contributed by atoms with Crippen LogP contribution in [0.5, 0.6) is 0 Å². The Bertz CT molecular complexity index is 484. The first-order chi connectivity index (χ1) is 9.22. The first-order valence-corrected chi connectivity index (χ1v) is 7.21. The summed E-state index contributed by atoms with van der Waals surface area (Å²) in [6, 6.07) is 6.24. The Balaban J connectivity index is 1.67. The molecule has 1 saturated heterocycles. The van der Waals surface area contributed by atoms with E-state index in [0.29, 0.717) is 6.54 Å². The summed E-state index contributed by atoms with van der Waals surface area (Å²) in [7, 11) is 0. The van der Waals surface area contributed by atoms with Gasteiger partial charge < -0.3 is 4.74 Å². The van der Waals surface area contributed by atoms with Crippen LogP contribution in [0.15, 0.2) is 18.2 Å². The van der Waals surface area contributed by atoms with Gasteiger partial charge in [-0.05, 0) is 43.4 Å². The highest BCUT2D eigenvalue weighted by Gasteiger charge is 2.20. The third-order valence-electron chi connectivity index (χ3n) is 4.11. The fourth-order valence-corrected chi connectivity index (χ4v) is 3.07. The van der Waals surface area contributed by atoms with Crippen molar-refractivity contribution in [1.29, 1.82) is 0 Å². The van der Waals surface area contributed by atoms with Gasteiger partial charge in [0.2, 0.25) is 0 Å². The van der Waals surface area contributed by atoms with Gasteiger partial charge in [-0.3, -0.25) is 9.69 Å². The van der Waals surface area contributed by atoms with Crippen molar-refractivity contribution in [3.05, 3.63) is 34.9 Å². The molecule has 2 aliphatic rings. The molecule has 1 fully saturated rings. The van der Waals surface area contributed by atoms with Crippen molar-refractivity contribution in [3.8, 4) is 0 Å². The second kappa shape index (κ2) is 5.43. The smallest absolute Gasteiger partial charge is 0.176 e. The molecule has 1 atom stereocenters. The second-order valence-electron chi connectivity index (χ2n) is 5.68. The van der Waals surface area contributed by atoms with Gasteiger partial charge in [-0.15, -0.1) is 0 Å². The number of carbonyl (C=O) groups is 1. The summed E-state index contributed by atoms with van der Waals surface area (Å²) in [6.07, 6.45) is 3.77. The Kier molecular flexibility index (Phi) is 3.67. The molecule has 0 spiro atoms. The Morgan fingerprint density at radius 2 is 2.21 bits per heavy atom. The summed E-state index contributed by atoms with van der Waals surface area (Å²) >= 11 is 0. The van der Waals surface area contributed by atoms with Crippen LogP contribution in [-0.4, -0.2) is 43.0 Å². The number of Topliss-reactive ketones (excluding diaryl/α,β-unsaturated/α-hetero) is 1. The number of aryl methyl sites for hydroxylation is 2. The van der Waals surface area contributed by atoms with Gasteiger partial charge in [0, 0.05) is 18.7 Å². The summed E-state index contributed by atoms with van der Waals surface area (Å²) in [5, 5.41) is 0. The monoisotopic (exact) mass is 259 g/mol. The topological polar surface area (TPSA) is 29.5 Å². The van der Waals surface area contributed by atoms with E-state index in [4.69, 9.17) is 4.74 Å². The van der Waals surface area contributed by atoms with Gasteiger partial charge in [-0.1, -0.05) is 12.1 Å². The van der Waals surface area contributed by atoms with Crippen molar-refractivity contribution in [1.82, 2.24) is 4.90 Å². The van der Waals surface area contributed by atoms with Gasteiger partial charge >= 0.3 is 0 Å². The Hall–Kier alpha value is -1.19. The van der Waals surface area contributed by atoms with E-state index < -0.39 is 0 Å². The molecule has 102 valence electrons. The normalized spacial score (nSPS) is 23.3. The van der Waals surface area contributed by atoms with E-state index in [2.05, 4.69) is 24.0 Å². The number of rotatable bonds is 3. The van der Waals surface area contributed by atoms with E-state index in [0.717, 1.165) is 31.7 Å². The molecule has 1 aromatic rings. The van der Waals surface area contributed by atoms with Crippen molar-refractivity contribution in [2.75, 3.05) is 26.2 Å². The largest absolute Gasteiger partial charge is 0.376 e. The van der Waals surface area contributed by atoms with Crippen LogP contribution < -0.4 is 0 Å². The number of fused-ring (bicyclic) bond motifs is 1. The summed E-state index contributed by atoms with van der Waals surface area (Å²) in [6.45, 7) is 5.04. The predicted molar refractivity (Wildman–Crippen MR) is 74.7 cm³/mol. The molecule has 3 nitrogen and oxygen atoms in total. The molecule has 0 amide bonds. The van der Waals surface area contributed by atoms with Crippen molar-refractivity contribution >= 4 is 5.78 Å². The van der Waals surface area contributed by atoms with Crippen LogP contribution in [0.3, 0.4) is 0 Å². The number of benzene rings is 1. The Labute approximate surface area is 114 Å². The SMILES string of the molecule is CC1CN(CC(=O)c2ccc3c(c2)CCC3)CCO1. The molecule has 19 heavy (non-hydrogen) atoms. The minimum atomic E-state index is 0.238. The highest BCUT2D eigenvalue weighted by Crippen LogP contribution is 2.23. The molecule has 0 saturated carbocycles. The van der Waals surface area contributed by atoms with E-state index >= 15 is 0 Å². The van der Waals surface area contributed by atoms with Gasteiger partial charge in [0.15, 0.2) is 5.78 Å². The first-order valence-electron chi connectivity index (χ1n) is 7.21. The maximum absolute atomic E-state index is 12.3. The average Bonchev–Trinajstić information content (AvgIpc) is 2.85. The van der Waals surface area contributed by atoms with Crippen LogP contribution in [0.25, 0.3) is 0 Å². The number of nitrogens with zero attached hydrogens (tertiary/aromatic N) is 1. The zero-order valence-corrected chi connectivity index (χ0v) is 11.5. The van der Waals surface area contributed by atoms with E-state index in [-0.39, 0.29) is 11.9 Å². The summed E-state index contributed by atoms with van der Waals surface area (Å²) in [4.78, 5) is 14.5. The van der Waals surface area contributed by atoms with Crippen LogP contribution in [-0.2, 0) is 17.6 Å². The van der Waals surface area contributed by atoms with Crippen LogP contribution in [0.1, 0.15) is 34.8 Å². The summed E-state index contributed by atoms with van der Waals surface area (Å²) in [5.41, 5.74) is 3.68. The minimum absolute atomic E-state index is 0.238. The number of ketones is 1. The lowest BCUT2D eigenvalue weighted by atomic mass is 10.0. The Morgan fingerprint density at radius 1 is 1.37 bits per heavy atom. The van der Waals surface area contributed by atoms with Crippen LogP contribution in [0, 0.1) is 0 Å². The molecule has 0 aromatic heterocycles. The van der Waals surface area contributed by atoms with E-state index in [9.17, 15) is 4.79 Å². The zero-order chi connectivity index (χ0) is 13.2. The van der Waals surface area contributed by atoms with Gasteiger partial charge in [0.05, 0.1) is 19.3 Å². The maximum atomic E-state index is 12.3. The molecule has 0 N–H and O–H groups in total. The molecular weight excluding hydrogens is 238 g/mol. The maximum Gasteiger partial charge on any atom is 0.176 e. The molecule has 0 radical (unpaired) electrons. The van der Waals surface area contributed by atoms with Crippen LogP contribution in [0.2, 0.25) is 0 Å². The second-order valence-corrected chi connectivity index (χ2v) is 5.68. The van der Waals surface area contributed by atoms with Crippen molar-refractivity contribution in [3.63, 3.8) is 0 Å². The molecule has 3 heteroatoms. The molecule has 0 bridgehead atoms. The van der Waals surface area contributed by atoms with Gasteiger partial charge in [-0.25, -0.2) is 0 Å². The number of ether oxygens (including phenoxy) is 1. The van der Waals surface area contributed by atoms with Crippen molar-refractivity contribution in [2.24, 2.45) is 0 Å². The van der Waals surface area contributed by atoms with E-state index in [1.54, 1.807) is 0 Å². The zero-order valence-electron chi connectivity index (χ0n) is 11.5. The molecule has 3 rings (SSSR count). The molecular formula is C16H21NO2. The summed E-state index contributed by atoms with van der Waals surface area (Å²) < 4.78 is 5.50. The highest BCUT2D eigenvalue weighted by atomic mass is 16.5. The van der Waals surface area contributed by atoms with Crippen molar-refractivity contribution < 1.29 is 9.53 Å². The lowest BCUT2D eigenvalue weighted by molar-refractivity contribution is -0.0158. The van der Waals surface area contributed by atoms with Crippen molar-refractivity contribution in [2.45, 2.75) is 32.3 Å². The Morgan fingerprint density at radius 3 is 3.05 bits per heavy atom. The van der Waals surface area contributed by atoms with Gasteiger partial charge in [0.1, 0.15) is 0 Å². The quantitative estimate of drug-likeness (QED) is 0.778. The number of hydrogen-bond donors (Lipinski definition) is 0. The van der Waals surface area contributed by atoms with Gasteiger partial charge in [-0.2, -0.15) is 0 Å². The summed E-state index contributed by atoms with van der Waals surface area (Å²) in [5.74, 6) is 0.240. The lowest BCUT2D eigenvalue weighted by Crippen LogP contribution is -2.43. The fourth-order valence-electron chi connectivity index (χ4n) is 3.07. The highest BCUT2D eigenvalue weighted by molar-refractivity contribution is 5.97. The molecule has 1 aliphatic carbocycles. The molecule has 1 aromatic carbocycles. The standard InChI is InChI=1S/C16H21NO2/c1-12-10-17(7-8-19-12)11-16(18)15-6-5-13-3-2-4-14(13)9-15/h5-6,9,12H,2-4,7-8,10-11H2,1H3. The number of hydrogen-bond acceptors (Lipinski definition) is 3. The third-order valence-corrected chi connectivity index (χ3v) is 4.11. The predicted octanol–water partition coefficient (Wildman–Crippen LogP) is 2.08. The van der Waals surface area contributed by atoms with E-state index in [1.807, 2.05) is 6.07 Å². The van der Waals surface area contributed by atoms with Crippen LogP contribution >= 0.6 is 0 Å². The van der Waals surface area contributed by atoms with E-state index in [1.165, 1.54) is 24.0 Å².